The molecule has 0 saturated carbocycles. The Morgan fingerprint density at radius 2 is 1.39 bits per heavy atom. The molecule has 3 saturated heterocycles. The number of aliphatic hydroxyl groups excluding tert-OH is 2. The van der Waals surface area contributed by atoms with Crippen LogP contribution in [0.15, 0.2) is 122 Å². The number of carbonyl (C=O) groups excluding carboxylic acids is 3. The molecule has 0 aliphatic carbocycles. The number of nitrogens with zero attached hydrogens (tertiary/aromatic N) is 12. The van der Waals surface area contributed by atoms with Crippen molar-refractivity contribution < 1.29 is 80.2 Å². The fourth-order valence-corrected chi connectivity index (χ4v) is 17.8. The lowest BCUT2D eigenvalue weighted by Gasteiger charge is -2.29. The second-order valence-corrected chi connectivity index (χ2v) is 35.2. The van der Waals surface area contributed by atoms with Gasteiger partial charge in [0, 0.05) is 42.9 Å². The van der Waals surface area contributed by atoms with Crippen LogP contribution in [0.2, 0.25) is 0 Å². The average Bonchev–Trinajstić information content (AvgIpc) is 1.52. The fourth-order valence-electron chi connectivity index (χ4n) is 12.2. The van der Waals surface area contributed by atoms with Crippen LogP contribution in [0.25, 0.3) is 44.8 Å². The third-order valence-corrected chi connectivity index (χ3v) is 23.5. The maximum Gasteiger partial charge on any atom is 0.389 e. The first-order valence-electron chi connectivity index (χ1n) is 32.6. The van der Waals surface area contributed by atoms with Crippen LogP contribution in [0.1, 0.15) is 85.3 Å². The topological polar surface area (TPSA) is 414 Å². The number of nitrogens with two attached hydrogens (primary N) is 2. The summed E-state index contributed by atoms with van der Waals surface area (Å²) in [6.07, 6.45) is -1.46. The van der Waals surface area contributed by atoms with E-state index >= 15 is 4.57 Å². The van der Waals surface area contributed by atoms with Crippen molar-refractivity contribution >= 4 is 113 Å². The molecule has 9 aromatic rings. The van der Waals surface area contributed by atoms with E-state index in [9.17, 15) is 34.1 Å². The van der Waals surface area contributed by atoms with Crippen molar-refractivity contribution in [3.05, 3.63) is 139 Å². The highest BCUT2D eigenvalue weighted by atomic mass is 32.7. The maximum absolute atomic E-state index is 15.3. The number of para-hydroxylation sites is 1. The molecule has 0 spiro atoms. The first-order chi connectivity index (χ1) is 49.2. The number of rotatable bonds is 24. The minimum atomic E-state index is -4.53. The predicted molar refractivity (Wildman–Crippen MR) is 380 cm³/mol. The Labute approximate surface area is 597 Å². The second kappa shape index (κ2) is 31.7. The number of thiol groups is 1. The molecule has 38 heteroatoms. The Kier molecular flexibility index (Phi) is 22.6. The zero-order valence-corrected chi connectivity index (χ0v) is 59.9. The van der Waals surface area contributed by atoms with E-state index in [2.05, 4.69) is 57.8 Å². The molecule has 4 aliphatic heterocycles. The van der Waals surface area contributed by atoms with Crippen molar-refractivity contribution in [3.8, 4) is 34.0 Å². The number of amides is 2. The Morgan fingerprint density at radius 3 is 2.13 bits per heavy atom. The van der Waals surface area contributed by atoms with Crippen LogP contribution in [0.5, 0.6) is 11.5 Å². The standard InChI is InChI=1S/C64H72N15O17P3S3/c1-97(85,100)89-28-11-3-2-10-26-67-48(80)16-8-9-17-49(81)76-30-40-12-4-5-13-43(40)50-53(44-14-6-7-15-45(44)76)79(75-74-50)27-29-88-41-24-20-39(21-25-41)64(84)92-42-22-18-38(19-23-42)33-102-99(87)91-31-46-54(82)57(63(93-46)78-37-73-52-59(66)69-35-71-61(52)78)95-98(86,101)90-32-47-56(96-99)55(83)62(94-47)77-36-72-51-58(65)68-34-70-60(51)77/h4-7,12-15,18-25,34-37,46-47,54-57,62-63,82-83H,2-3,8-11,16-17,26-33H2,1H3,(H,67,80)(H,85,100)(H,86,101)(H2,65,68,70)(H2,66,69,71)/t46-,47-,54-,55-,56-,57-,62-,63-,97?,98-,99-/m1/s1. The van der Waals surface area contributed by atoms with E-state index in [0.717, 1.165) is 53.8 Å². The summed E-state index contributed by atoms with van der Waals surface area (Å²) < 4.78 is 88.0. The fraction of sp³-hybridized carbons (Fsp3) is 0.391. The molecule has 11 atom stereocenters. The lowest BCUT2D eigenvalue weighted by Crippen LogP contribution is -2.36. The molecule has 538 valence electrons. The van der Waals surface area contributed by atoms with E-state index in [1.165, 1.54) is 41.1 Å². The molecule has 5 aromatic heterocycles. The van der Waals surface area contributed by atoms with Crippen molar-refractivity contribution in [1.29, 1.82) is 0 Å². The zero-order chi connectivity index (χ0) is 71.3. The minimum absolute atomic E-state index is 0.0445. The van der Waals surface area contributed by atoms with Crippen molar-refractivity contribution in [2.24, 2.45) is 0 Å². The summed E-state index contributed by atoms with van der Waals surface area (Å²) in [7, 11) is 0. The van der Waals surface area contributed by atoms with Gasteiger partial charge in [0.15, 0.2) is 41.9 Å². The molecule has 9 heterocycles. The van der Waals surface area contributed by atoms with Crippen molar-refractivity contribution in [2.45, 2.75) is 119 Å². The number of aliphatic hydroxyl groups is 2. The quantitative estimate of drug-likeness (QED) is 0.00979. The number of esters is 1. The number of hydrogen-bond acceptors (Lipinski definition) is 28. The maximum atomic E-state index is 15.3. The van der Waals surface area contributed by atoms with Gasteiger partial charge >= 0.3 is 19.6 Å². The number of nitrogens with one attached hydrogen (secondary N) is 1. The van der Waals surface area contributed by atoms with Gasteiger partial charge < -0.3 is 60.3 Å². The average molecular weight is 1510 g/mol. The van der Waals surface area contributed by atoms with E-state index in [1.807, 2.05) is 48.5 Å². The van der Waals surface area contributed by atoms with Crippen LogP contribution in [0, 0.1) is 0 Å². The number of anilines is 3. The molecular weight excluding hydrogens is 1440 g/mol. The third kappa shape index (κ3) is 16.8. The van der Waals surface area contributed by atoms with E-state index in [1.54, 1.807) is 58.1 Å². The van der Waals surface area contributed by atoms with E-state index in [0.29, 0.717) is 67.3 Å². The molecule has 8 N–H and O–H groups in total. The molecule has 4 aromatic carbocycles. The smallest absolute Gasteiger partial charge is 0.389 e. The summed E-state index contributed by atoms with van der Waals surface area (Å²) in [4.78, 5) is 77.0. The van der Waals surface area contributed by atoms with Gasteiger partial charge in [-0.05, 0) is 102 Å². The van der Waals surface area contributed by atoms with Crippen molar-refractivity contribution in [1.82, 2.24) is 59.3 Å². The van der Waals surface area contributed by atoms with Gasteiger partial charge in [0.05, 0.1) is 62.5 Å². The highest BCUT2D eigenvalue weighted by Gasteiger charge is 2.54. The van der Waals surface area contributed by atoms with Crippen molar-refractivity contribution in [2.75, 3.05) is 56.0 Å². The Bertz CT molecular complexity index is 4670. The lowest BCUT2D eigenvalue weighted by molar-refractivity contribution is -0.122. The number of benzene rings is 4. The molecule has 3 fully saturated rings. The van der Waals surface area contributed by atoms with Gasteiger partial charge in [-0.1, -0.05) is 84.9 Å². The van der Waals surface area contributed by atoms with Crippen LogP contribution in [-0.4, -0.2) is 163 Å². The van der Waals surface area contributed by atoms with Gasteiger partial charge in [-0.25, -0.2) is 48.5 Å². The molecule has 4 aliphatic rings. The van der Waals surface area contributed by atoms with Gasteiger partial charge in [0.25, 0.3) is 0 Å². The molecule has 13 rings (SSSR count). The monoisotopic (exact) mass is 1510 g/mol. The van der Waals surface area contributed by atoms with E-state index in [-0.39, 0.29) is 82.4 Å². The van der Waals surface area contributed by atoms with Gasteiger partial charge in [0.1, 0.15) is 84.1 Å². The first-order valence-corrected chi connectivity index (χ1v) is 41.5. The summed E-state index contributed by atoms with van der Waals surface area (Å²) in [6.45, 7) is -9.64. The summed E-state index contributed by atoms with van der Waals surface area (Å²) in [5, 5.41) is 36.1. The van der Waals surface area contributed by atoms with Crippen LogP contribution in [0.4, 0.5) is 17.3 Å². The Hall–Kier alpha value is -7.66. The van der Waals surface area contributed by atoms with Gasteiger partial charge in [0.2, 0.25) is 11.8 Å². The summed E-state index contributed by atoms with van der Waals surface area (Å²) in [6, 6.07) is 28.3. The largest absolute Gasteiger partial charge is 0.492 e. The lowest BCUT2D eigenvalue weighted by atomic mass is 9.95. The van der Waals surface area contributed by atoms with E-state index < -0.39 is 88.3 Å². The summed E-state index contributed by atoms with van der Waals surface area (Å²) >= 11 is 9.89. The second-order valence-electron chi connectivity index (χ2n) is 24.4. The molecule has 0 radical (unpaired) electrons. The number of fused-ring (bicyclic) bond motifs is 10. The highest BCUT2D eigenvalue weighted by molar-refractivity contribution is 8.54. The molecule has 2 bridgehead atoms. The molecule has 2 amide bonds. The van der Waals surface area contributed by atoms with Crippen LogP contribution >= 0.6 is 43.7 Å². The Balaban J connectivity index is 0.635. The number of carbonyl (C=O) groups is 3. The normalized spacial score (nSPS) is 24.0. The molecule has 1 unspecified atom stereocenters. The zero-order valence-electron chi connectivity index (χ0n) is 54.7. The third-order valence-electron chi connectivity index (χ3n) is 17.3. The number of unbranched alkanes of at least 4 members (excludes halogenated alkanes) is 4. The van der Waals surface area contributed by atoms with Crippen LogP contribution < -0.4 is 31.2 Å². The van der Waals surface area contributed by atoms with Gasteiger partial charge in [-0.2, -0.15) is 0 Å². The predicted octanol–water partition coefficient (Wildman–Crippen LogP) is 8.50. The van der Waals surface area contributed by atoms with E-state index in [4.69, 9.17) is 64.8 Å². The molecule has 32 nitrogen and oxygen atoms in total. The minimum Gasteiger partial charge on any atom is -0.492 e. The number of imidazole rings is 2. The Morgan fingerprint density at radius 1 is 0.735 bits per heavy atom. The number of hydrogen-bond donors (Lipinski definition) is 7. The molecular formula is C64H72N15O17P3S3. The highest BCUT2D eigenvalue weighted by Crippen LogP contribution is 2.65. The van der Waals surface area contributed by atoms with Crippen LogP contribution in [-0.2, 0) is 81.5 Å². The summed E-state index contributed by atoms with van der Waals surface area (Å²) in [5.41, 5.74) is 18.3. The SMILES string of the molecule is CP(O)(=S)OCCCCCCNC(=O)CCCCC(=O)N1Cc2ccccc2-c2nnn(CCOc3ccc(C(=O)Oc4ccc(CS[P@]5(=O)OC[C@H]6O[C@@H](n7cnc8c(N)ncnc87)[C@H](O[P@](=O)(S)OC[C@H]7O[C@@H](n8cnc9c(N)ncnc98)[C@H](O)[C@@H]7O5)[C@@H]6O)cc4)cc3)c2-c2ccccc21. The van der Waals surface area contributed by atoms with Crippen molar-refractivity contribution in [3.63, 3.8) is 0 Å². The molecule has 102 heavy (non-hydrogen) atoms. The van der Waals surface area contributed by atoms with Gasteiger partial charge in [-0.15, -0.1) is 5.10 Å². The number of aromatic nitrogens is 11. The van der Waals surface area contributed by atoms with Crippen LogP contribution in [0.3, 0.4) is 0 Å². The number of nitrogen functional groups attached to an aromatic ring is 2. The van der Waals surface area contributed by atoms with Gasteiger partial charge in [-0.3, -0.25) is 36.8 Å². The first kappa shape index (κ1) is 72.7. The summed E-state index contributed by atoms with van der Waals surface area (Å²) in [5.74, 6) is -0.0739. The number of ether oxygens (including phenoxy) is 4.